The smallest absolute Gasteiger partial charge is 0.273 e. The molecule has 1 aromatic rings. The second-order valence-electron chi connectivity index (χ2n) is 4.94. The second kappa shape index (κ2) is 6.45. The first-order valence-electron chi connectivity index (χ1n) is 6.41. The first-order valence-corrected chi connectivity index (χ1v) is 7.21. The van der Waals surface area contributed by atoms with Gasteiger partial charge in [-0.1, -0.05) is 15.9 Å². The highest BCUT2D eigenvalue weighted by Crippen LogP contribution is 2.23. The van der Waals surface area contributed by atoms with Crippen LogP contribution in [0.2, 0.25) is 0 Å². The van der Waals surface area contributed by atoms with Crippen molar-refractivity contribution < 1.29 is 4.92 Å². The van der Waals surface area contributed by atoms with E-state index in [0.29, 0.717) is 12.6 Å². The third-order valence-corrected chi connectivity index (χ3v) is 4.10. The van der Waals surface area contributed by atoms with E-state index in [9.17, 15) is 10.1 Å². The standard InChI is InChI=1S/C13H18BrN3O2/c1-16-6-2-3-12(16)9-15-8-10-7-11(14)4-5-13(10)17(18)19/h4-5,7,12,15H,2-3,6,8-9H2,1H3. The van der Waals surface area contributed by atoms with Gasteiger partial charge in [0.15, 0.2) is 0 Å². The van der Waals surface area contributed by atoms with Gasteiger partial charge in [0.05, 0.1) is 4.92 Å². The van der Waals surface area contributed by atoms with Crippen molar-refractivity contribution in [3.05, 3.63) is 38.3 Å². The van der Waals surface area contributed by atoms with Gasteiger partial charge in [-0.05, 0) is 38.6 Å². The van der Waals surface area contributed by atoms with Crippen molar-refractivity contribution in [3.63, 3.8) is 0 Å². The summed E-state index contributed by atoms with van der Waals surface area (Å²) in [5, 5.41) is 14.3. The van der Waals surface area contributed by atoms with Gasteiger partial charge in [0.2, 0.25) is 0 Å². The van der Waals surface area contributed by atoms with Crippen LogP contribution in [0.5, 0.6) is 0 Å². The van der Waals surface area contributed by atoms with Gasteiger partial charge in [0.25, 0.3) is 5.69 Å². The Morgan fingerprint density at radius 2 is 2.37 bits per heavy atom. The van der Waals surface area contributed by atoms with Crippen LogP contribution < -0.4 is 5.32 Å². The van der Waals surface area contributed by atoms with E-state index in [1.165, 1.54) is 12.8 Å². The molecule has 1 aromatic carbocycles. The van der Waals surface area contributed by atoms with Gasteiger partial charge in [-0.2, -0.15) is 0 Å². The maximum absolute atomic E-state index is 11.0. The van der Waals surface area contributed by atoms with Crippen LogP contribution in [0.1, 0.15) is 18.4 Å². The number of rotatable bonds is 5. The molecule has 1 aliphatic heterocycles. The zero-order valence-corrected chi connectivity index (χ0v) is 12.5. The van der Waals surface area contributed by atoms with E-state index in [4.69, 9.17) is 0 Å². The first kappa shape index (κ1) is 14.4. The van der Waals surface area contributed by atoms with Crippen LogP contribution in [0.25, 0.3) is 0 Å². The number of nitro benzene ring substituents is 1. The van der Waals surface area contributed by atoms with Crippen molar-refractivity contribution in [2.24, 2.45) is 0 Å². The number of nitrogens with one attached hydrogen (secondary N) is 1. The van der Waals surface area contributed by atoms with Gasteiger partial charge in [-0.15, -0.1) is 0 Å². The predicted octanol–water partition coefficient (Wildman–Crippen LogP) is 2.54. The number of hydrogen-bond donors (Lipinski definition) is 1. The van der Waals surface area contributed by atoms with E-state index in [-0.39, 0.29) is 10.6 Å². The quantitative estimate of drug-likeness (QED) is 0.667. The molecule has 0 radical (unpaired) electrons. The lowest BCUT2D eigenvalue weighted by Crippen LogP contribution is -2.35. The zero-order valence-electron chi connectivity index (χ0n) is 10.9. The molecule has 0 amide bonds. The van der Waals surface area contributed by atoms with Gasteiger partial charge in [0.1, 0.15) is 0 Å². The molecule has 1 fully saturated rings. The summed E-state index contributed by atoms with van der Waals surface area (Å²) < 4.78 is 0.868. The van der Waals surface area contributed by atoms with Crippen LogP contribution in [0, 0.1) is 10.1 Å². The molecule has 1 saturated heterocycles. The molecule has 1 N–H and O–H groups in total. The predicted molar refractivity (Wildman–Crippen MR) is 78.2 cm³/mol. The Balaban J connectivity index is 1.95. The Hall–Kier alpha value is -0.980. The maximum Gasteiger partial charge on any atom is 0.273 e. The third kappa shape index (κ3) is 3.75. The van der Waals surface area contributed by atoms with E-state index < -0.39 is 0 Å². The van der Waals surface area contributed by atoms with Crippen LogP contribution in [-0.2, 0) is 6.54 Å². The van der Waals surface area contributed by atoms with Crippen LogP contribution in [-0.4, -0.2) is 36.0 Å². The highest BCUT2D eigenvalue weighted by molar-refractivity contribution is 9.10. The van der Waals surface area contributed by atoms with E-state index >= 15 is 0 Å². The van der Waals surface area contributed by atoms with Crippen molar-refractivity contribution in [1.29, 1.82) is 0 Å². The Morgan fingerprint density at radius 1 is 1.58 bits per heavy atom. The molecule has 6 heteroatoms. The van der Waals surface area contributed by atoms with Crippen LogP contribution in [0.3, 0.4) is 0 Å². The Morgan fingerprint density at radius 3 is 3.00 bits per heavy atom. The molecule has 1 aliphatic rings. The number of likely N-dealkylation sites (tertiary alicyclic amines) is 1. The summed E-state index contributed by atoms with van der Waals surface area (Å²) in [6, 6.07) is 5.60. The summed E-state index contributed by atoms with van der Waals surface area (Å²) in [6.45, 7) is 2.55. The monoisotopic (exact) mass is 327 g/mol. The summed E-state index contributed by atoms with van der Waals surface area (Å²) in [5.41, 5.74) is 0.899. The minimum atomic E-state index is -0.328. The lowest BCUT2D eigenvalue weighted by Gasteiger charge is -2.19. The second-order valence-corrected chi connectivity index (χ2v) is 5.85. The molecule has 5 nitrogen and oxygen atoms in total. The average Bonchev–Trinajstić information content (AvgIpc) is 2.75. The zero-order chi connectivity index (χ0) is 13.8. The summed E-state index contributed by atoms with van der Waals surface area (Å²) >= 11 is 3.35. The number of nitrogens with zero attached hydrogens (tertiary/aromatic N) is 2. The minimum Gasteiger partial charge on any atom is -0.311 e. The van der Waals surface area contributed by atoms with Gasteiger partial charge >= 0.3 is 0 Å². The average molecular weight is 328 g/mol. The first-order chi connectivity index (χ1) is 9.08. The van der Waals surface area contributed by atoms with Crippen molar-refractivity contribution in [3.8, 4) is 0 Å². The van der Waals surface area contributed by atoms with Crippen LogP contribution in [0.4, 0.5) is 5.69 Å². The van der Waals surface area contributed by atoms with Gasteiger partial charge in [-0.3, -0.25) is 10.1 Å². The molecule has 19 heavy (non-hydrogen) atoms. The molecule has 1 atom stereocenters. The molecule has 0 aromatic heterocycles. The third-order valence-electron chi connectivity index (χ3n) is 3.61. The highest BCUT2D eigenvalue weighted by Gasteiger charge is 2.20. The molecule has 1 heterocycles. The number of likely N-dealkylation sites (N-methyl/N-ethyl adjacent to an activating group) is 1. The van der Waals surface area contributed by atoms with E-state index in [2.05, 4.69) is 33.2 Å². The molecular formula is C13H18BrN3O2. The lowest BCUT2D eigenvalue weighted by molar-refractivity contribution is -0.385. The number of hydrogen-bond acceptors (Lipinski definition) is 4. The van der Waals surface area contributed by atoms with E-state index in [1.54, 1.807) is 12.1 Å². The molecule has 1 unspecified atom stereocenters. The molecule has 0 bridgehead atoms. The summed E-state index contributed by atoms with van der Waals surface area (Å²) in [6.07, 6.45) is 2.43. The SMILES string of the molecule is CN1CCCC1CNCc1cc(Br)ccc1[N+](=O)[O-]. The Labute approximate surface area is 121 Å². The van der Waals surface area contributed by atoms with Crippen LogP contribution >= 0.6 is 15.9 Å². The molecule has 0 spiro atoms. The van der Waals surface area contributed by atoms with Crippen molar-refractivity contribution in [2.45, 2.75) is 25.4 Å². The fourth-order valence-electron chi connectivity index (χ4n) is 2.48. The van der Waals surface area contributed by atoms with E-state index in [1.807, 2.05) is 6.07 Å². The van der Waals surface area contributed by atoms with Crippen molar-refractivity contribution >= 4 is 21.6 Å². The maximum atomic E-state index is 11.0. The fraction of sp³-hybridized carbons (Fsp3) is 0.538. The number of halogens is 1. The van der Waals surface area contributed by atoms with Gasteiger partial charge < -0.3 is 10.2 Å². The van der Waals surface area contributed by atoms with Crippen LogP contribution in [0.15, 0.2) is 22.7 Å². The highest BCUT2D eigenvalue weighted by atomic mass is 79.9. The Kier molecular flexibility index (Phi) is 4.90. The summed E-state index contributed by atoms with van der Waals surface area (Å²) in [7, 11) is 2.13. The normalized spacial score (nSPS) is 19.8. The van der Waals surface area contributed by atoms with Crippen molar-refractivity contribution in [1.82, 2.24) is 10.2 Å². The summed E-state index contributed by atoms with van der Waals surface area (Å²) in [5.74, 6) is 0. The minimum absolute atomic E-state index is 0.176. The van der Waals surface area contributed by atoms with Crippen molar-refractivity contribution in [2.75, 3.05) is 20.1 Å². The molecule has 2 rings (SSSR count). The molecule has 0 saturated carbocycles. The topological polar surface area (TPSA) is 58.4 Å². The van der Waals surface area contributed by atoms with E-state index in [0.717, 1.165) is 23.1 Å². The van der Waals surface area contributed by atoms with Gasteiger partial charge in [0, 0.05) is 35.2 Å². The lowest BCUT2D eigenvalue weighted by atomic mass is 10.1. The Bertz CT molecular complexity index is 467. The largest absolute Gasteiger partial charge is 0.311 e. The molecule has 104 valence electrons. The number of benzene rings is 1. The fourth-order valence-corrected chi connectivity index (χ4v) is 2.89. The number of nitro groups is 1. The van der Waals surface area contributed by atoms with Gasteiger partial charge in [-0.25, -0.2) is 0 Å². The molecule has 0 aliphatic carbocycles. The summed E-state index contributed by atoms with van der Waals surface area (Å²) in [4.78, 5) is 13.0. The molecular weight excluding hydrogens is 310 g/mol.